The molecule has 0 bridgehead atoms. The lowest BCUT2D eigenvalue weighted by Crippen LogP contribution is -1.95. The van der Waals surface area contributed by atoms with E-state index in [0.29, 0.717) is 5.95 Å². The highest BCUT2D eigenvalue weighted by Gasteiger charge is 1.96. The third-order valence-corrected chi connectivity index (χ3v) is 2.16. The van der Waals surface area contributed by atoms with Gasteiger partial charge < -0.3 is 5.32 Å². The van der Waals surface area contributed by atoms with E-state index in [1.165, 1.54) is 5.56 Å². The highest BCUT2D eigenvalue weighted by molar-refractivity contribution is 5.53. The second kappa shape index (κ2) is 4.55. The Kier molecular flexibility index (Phi) is 2.93. The van der Waals surface area contributed by atoms with Crippen molar-refractivity contribution in [2.45, 2.75) is 13.3 Å². The SMILES string of the molecule is CCc1cccc(Nc2ncccn2)c1. The molecule has 0 saturated carbocycles. The third kappa shape index (κ3) is 2.53. The van der Waals surface area contributed by atoms with Crippen LogP contribution >= 0.6 is 0 Å². The minimum Gasteiger partial charge on any atom is -0.324 e. The van der Waals surface area contributed by atoms with E-state index in [4.69, 9.17) is 0 Å². The Morgan fingerprint density at radius 3 is 2.67 bits per heavy atom. The topological polar surface area (TPSA) is 37.8 Å². The monoisotopic (exact) mass is 199 g/mol. The Morgan fingerprint density at radius 2 is 1.93 bits per heavy atom. The Bertz CT molecular complexity index is 426. The first-order chi connectivity index (χ1) is 7.38. The van der Waals surface area contributed by atoms with Crippen molar-refractivity contribution in [2.24, 2.45) is 0 Å². The second-order valence-electron chi connectivity index (χ2n) is 3.25. The number of nitrogens with zero attached hydrogens (tertiary/aromatic N) is 2. The molecule has 0 aliphatic heterocycles. The maximum Gasteiger partial charge on any atom is 0.227 e. The van der Waals surface area contributed by atoms with Gasteiger partial charge in [-0.1, -0.05) is 19.1 Å². The zero-order valence-corrected chi connectivity index (χ0v) is 8.64. The van der Waals surface area contributed by atoms with Crippen LogP contribution < -0.4 is 5.32 Å². The Hall–Kier alpha value is -1.90. The van der Waals surface area contributed by atoms with E-state index in [2.05, 4.69) is 34.3 Å². The number of rotatable bonds is 3. The molecule has 0 radical (unpaired) electrons. The summed E-state index contributed by atoms with van der Waals surface area (Å²) in [6.45, 7) is 2.14. The van der Waals surface area contributed by atoms with Crippen LogP contribution in [0.1, 0.15) is 12.5 Å². The number of aryl methyl sites for hydroxylation is 1. The molecule has 0 spiro atoms. The lowest BCUT2D eigenvalue weighted by molar-refractivity contribution is 1.13. The van der Waals surface area contributed by atoms with Crippen LogP contribution in [0.5, 0.6) is 0 Å². The molecule has 0 amide bonds. The quantitative estimate of drug-likeness (QED) is 0.826. The van der Waals surface area contributed by atoms with E-state index in [-0.39, 0.29) is 0 Å². The van der Waals surface area contributed by atoms with Crippen molar-refractivity contribution in [1.29, 1.82) is 0 Å². The molecule has 3 nitrogen and oxygen atoms in total. The molecule has 76 valence electrons. The Balaban J connectivity index is 2.17. The summed E-state index contributed by atoms with van der Waals surface area (Å²) < 4.78 is 0. The zero-order chi connectivity index (χ0) is 10.5. The number of benzene rings is 1. The van der Waals surface area contributed by atoms with E-state index >= 15 is 0 Å². The van der Waals surface area contributed by atoms with E-state index in [1.54, 1.807) is 18.5 Å². The van der Waals surface area contributed by atoms with Crippen LogP contribution in [-0.2, 0) is 6.42 Å². The highest BCUT2D eigenvalue weighted by Crippen LogP contribution is 2.14. The van der Waals surface area contributed by atoms with Gasteiger partial charge in [0, 0.05) is 18.1 Å². The highest BCUT2D eigenvalue weighted by atomic mass is 15.1. The molecular weight excluding hydrogens is 186 g/mol. The predicted octanol–water partition coefficient (Wildman–Crippen LogP) is 2.78. The lowest BCUT2D eigenvalue weighted by atomic mass is 10.1. The number of hydrogen-bond donors (Lipinski definition) is 1. The van der Waals surface area contributed by atoms with Crippen molar-refractivity contribution < 1.29 is 0 Å². The van der Waals surface area contributed by atoms with Crippen LogP contribution in [0.4, 0.5) is 11.6 Å². The smallest absolute Gasteiger partial charge is 0.227 e. The lowest BCUT2D eigenvalue weighted by Gasteiger charge is -2.05. The van der Waals surface area contributed by atoms with E-state index < -0.39 is 0 Å². The average Bonchev–Trinajstić information content (AvgIpc) is 2.31. The van der Waals surface area contributed by atoms with Crippen molar-refractivity contribution in [1.82, 2.24) is 9.97 Å². The van der Waals surface area contributed by atoms with Gasteiger partial charge in [0.1, 0.15) is 0 Å². The largest absolute Gasteiger partial charge is 0.324 e. The van der Waals surface area contributed by atoms with Gasteiger partial charge in [0.15, 0.2) is 0 Å². The van der Waals surface area contributed by atoms with Crippen molar-refractivity contribution in [3.63, 3.8) is 0 Å². The maximum atomic E-state index is 4.11. The van der Waals surface area contributed by atoms with Gasteiger partial charge in [-0.15, -0.1) is 0 Å². The first-order valence-electron chi connectivity index (χ1n) is 5.01. The molecule has 0 aliphatic carbocycles. The summed E-state index contributed by atoms with van der Waals surface area (Å²) in [7, 11) is 0. The summed E-state index contributed by atoms with van der Waals surface area (Å²) in [6.07, 6.45) is 4.48. The molecule has 0 atom stereocenters. The zero-order valence-electron chi connectivity index (χ0n) is 8.64. The van der Waals surface area contributed by atoms with Crippen LogP contribution in [0, 0.1) is 0 Å². The molecule has 1 aromatic heterocycles. The van der Waals surface area contributed by atoms with Gasteiger partial charge in [0.05, 0.1) is 0 Å². The predicted molar refractivity (Wildman–Crippen MR) is 61.1 cm³/mol. The maximum absolute atomic E-state index is 4.11. The molecule has 1 aromatic carbocycles. The molecule has 0 aliphatic rings. The van der Waals surface area contributed by atoms with E-state index in [9.17, 15) is 0 Å². The van der Waals surface area contributed by atoms with Crippen LogP contribution in [0.3, 0.4) is 0 Å². The van der Waals surface area contributed by atoms with Crippen molar-refractivity contribution in [2.75, 3.05) is 5.32 Å². The summed E-state index contributed by atoms with van der Waals surface area (Å²) in [5, 5.41) is 3.16. The fourth-order valence-corrected chi connectivity index (χ4v) is 1.36. The molecule has 0 fully saturated rings. The van der Waals surface area contributed by atoms with Crippen LogP contribution in [-0.4, -0.2) is 9.97 Å². The van der Waals surface area contributed by atoms with E-state index in [1.807, 2.05) is 12.1 Å². The Morgan fingerprint density at radius 1 is 1.13 bits per heavy atom. The number of hydrogen-bond acceptors (Lipinski definition) is 3. The fraction of sp³-hybridized carbons (Fsp3) is 0.167. The third-order valence-electron chi connectivity index (χ3n) is 2.16. The standard InChI is InChI=1S/C12H13N3/c1-2-10-5-3-6-11(9-10)15-12-13-7-4-8-14-12/h3-9H,2H2,1H3,(H,13,14,15). The minimum absolute atomic E-state index is 0.630. The molecule has 1 heterocycles. The number of nitrogens with one attached hydrogen (secondary N) is 1. The fourth-order valence-electron chi connectivity index (χ4n) is 1.36. The van der Waals surface area contributed by atoms with Crippen molar-refractivity contribution in [3.8, 4) is 0 Å². The van der Waals surface area contributed by atoms with Crippen LogP contribution in [0.25, 0.3) is 0 Å². The van der Waals surface area contributed by atoms with Gasteiger partial charge in [-0.25, -0.2) is 9.97 Å². The Labute approximate surface area is 89.2 Å². The minimum atomic E-state index is 0.630. The average molecular weight is 199 g/mol. The summed E-state index contributed by atoms with van der Waals surface area (Å²) >= 11 is 0. The first-order valence-corrected chi connectivity index (χ1v) is 5.01. The van der Waals surface area contributed by atoms with Crippen molar-refractivity contribution in [3.05, 3.63) is 48.3 Å². The van der Waals surface area contributed by atoms with Crippen LogP contribution in [0.2, 0.25) is 0 Å². The summed E-state index contributed by atoms with van der Waals surface area (Å²) in [5.74, 6) is 0.630. The molecule has 15 heavy (non-hydrogen) atoms. The second-order valence-corrected chi connectivity index (χ2v) is 3.25. The van der Waals surface area contributed by atoms with Gasteiger partial charge in [0.2, 0.25) is 5.95 Å². The summed E-state index contributed by atoms with van der Waals surface area (Å²) in [5.41, 5.74) is 2.33. The molecule has 1 N–H and O–H groups in total. The molecule has 2 aromatic rings. The van der Waals surface area contributed by atoms with Gasteiger partial charge in [0.25, 0.3) is 0 Å². The van der Waals surface area contributed by atoms with Crippen LogP contribution in [0.15, 0.2) is 42.7 Å². The summed E-state index contributed by atoms with van der Waals surface area (Å²) in [6, 6.07) is 10.1. The van der Waals surface area contributed by atoms with Gasteiger partial charge in [-0.3, -0.25) is 0 Å². The first kappa shape index (κ1) is 9.65. The van der Waals surface area contributed by atoms with E-state index in [0.717, 1.165) is 12.1 Å². The molecule has 2 rings (SSSR count). The van der Waals surface area contributed by atoms with Gasteiger partial charge in [-0.2, -0.15) is 0 Å². The molecule has 3 heteroatoms. The number of aromatic nitrogens is 2. The van der Waals surface area contributed by atoms with Crippen molar-refractivity contribution >= 4 is 11.6 Å². The summed E-state index contributed by atoms with van der Waals surface area (Å²) in [4.78, 5) is 8.21. The normalized spacial score (nSPS) is 9.93. The number of anilines is 2. The molecule has 0 unspecified atom stereocenters. The molecule has 0 saturated heterocycles. The van der Waals surface area contributed by atoms with Gasteiger partial charge >= 0.3 is 0 Å². The van der Waals surface area contributed by atoms with Gasteiger partial charge in [-0.05, 0) is 30.2 Å². The molecular formula is C12H13N3.